The zero-order chi connectivity index (χ0) is 18.9. The van der Waals surface area contributed by atoms with Crippen molar-refractivity contribution in [3.05, 3.63) is 64.1 Å². The fourth-order valence-electron chi connectivity index (χ4n) is 2.52. The van der Waals surface area contributed by atoms with Crippen LogP contribution in [0.4, 0.5) is 0 Å². The Bertz CT molecular complexity index is 765. The number of hydrogen-bond donors (Lipinski definition) is 2. The molecule has 144 valence electrons. The van der Waals surface area contributed by atoms with Crippen molar-refractivity contribution in [2.75, 3.05) is 13.1 Å². The van der Waals surface area contributed by atoms with Gasteiger partial charge in [0, 0.05) is 30.5 Å². The van der Waals surface area contributed by atoms with Gasteiger partial charge in [-0.05, 0) is 35.9 Å². The lowest BCUT2D eigenvalue weighted by Crippen LogP contribution is -2.39. The summed E-state index contributed by atoms with van der Waals surface area (Å²) in [6.45, 7) is 6.21. The molecule has 0 fully saturated rings. The molecule has 0 atom stereocenters. The second kappa shape index (κ2) is 9.97. The maximum atomic E-state index is 5.38. The van der Waals surface area contributed by atoms with Gasteiger partial charge in [-0.1, -0.05) is 25.1 Å². The number of aliphatic imine (C=N–C) groups is 1. The molecule has 2 N–H and O–H groups in total. The van der Waals surface area contributed by atoms with E-state index in [0.717, 1.165) is 49.1 Å². The maximum Gasteiger partial charge on any atom is 0.191 e. The minimum atomic E-state index is 0.348. The quantitative estimate of drug-likeness (QED) is 0.430. The van der Waals surface area contributed by atoms with Gasteiger partial charge in [-0.3, -0.25) is 0 Å². The Labute approximate surface area is 163 Å². The highest BCUT2D eigenvalue weighted by molar-refractivity contribution is 7.09. The lowest BCUT2D eigenvalue weighted by atomic mass is 10.1. The molecule has 27 heavy (non-hydrogen) atoms. The van der Waals surface area contributed by atoms with E-state index in [4.69, 9.17) is 8.94 Å². The summed E-state index contributed by atoms with van der Waals surface area (Å²) in [5.41, 5.74) is 0.957. The first-order chi connectivity index (χ1) is 13.2. The molecule has 6 nitrogen and oxygen atoms in total. The second-order valence-electron chi connectivity index (χ2n) is 6.55. The number of guanidine groups is 1. The van der Waals surface area contributed by atoms with E-state index in [2.05, 4.69) is 52.1 Å². The molecular weight excluding hydrogens is 360 g/mol. The van der Waals surface area contributed by atoms with Crippen LogP contribution in [-0.2, 0) is 19.4 Å². The van der Waals surface area contributed by atoms with Gasteiger partial charge >= 0.3 is 0 Å². The van der Waals surface area contributed by atoms with Crippen LogP contribution in [0.1, 0.15) is 41.9 Å². The Morgan fingerprint density at radius 3 is 2.67 bits per heavy atom. The van der Waals surface area contributed by atoms with E-state index in [9.17, 15) is 0 Å². The van der Waals surface area contributed by atoms with Crippen molar-refractivity contribution >= 4 is 17.3 Å². The van der Waals surface area contributed by atoms with Crippen LogP contribution in [0.5, 0.6) is 0 Å². The molecule has 0 aliphatic heterocycles. The molecule has 0 radical (unpaired) electrons. The molecule has 0 aliphatic rings. The first-order valence-corrected chi connectivity index (χ1v) is 10.1. The van der Waals surface area contributed by atoms with Crippen molar-refractivity contribution in [1.82, 2.24) is 15.8 Å². The molecular formula is C20H26N4O2S. The van der Waals surface area contributed by atoms with E-state index >= 15 is 0 Å². The highest BCUT2D eigenvalue weighted by Gasteiger charge is 2.08. The van der Waals surface area contributed by atoms with Crippen LogP contribution >= 0.6 is 11.3 Å². The van der Waals surface area contributed by atoms with Crippen LogP contribution in [0.3, 0.4) is 0 Å². The lowest BCUT2D eigenvalue weighted by Gasteiger charge is -2.11. The summed E-state index contributed by atoms with van der Waals surface area (Å²) in [4.78, 5) is 5.99. The first-order valence-electron chi connectivity index (χ1n) is 9.23. The molecule has 0 bridgehead atoms. The monoisotopic (exact) mass is 386 g/mol. The number of furan rings is 1. The summed E-state index contributed by atoms with van der Waals surface area (Å²) < 4.78 is 10.8. The third kappa shape index (κ3) is 6.29. The molecule has 0 unspecified atom stereocenters. The number of hydrogen-bond acceptors (Lipinski definition) is 5. The Hall–Kier alpha value is -2.54. The standard InChI is InChI=1S/C20H26N4O2S/c1-15(2)19-13-17(26-24-19)14-23-20(21-9-7-16-5-3-11-25-16)22-10-8-18-6-4-12-27-18/h3-6,11-13,15H,7-10,14H2,1-2H3,(H2,21,22,23). The smallest absolute Gasteiger partial charge is 0.191 e. The summed E-state index contributed by atoms with van der Waals surface area (Å²) in [7, 11) is 0. The highest BCUT2D eigenvalue weighted by atomic mass is 32.1. The maximum absolute atomic E-state index is 5.38. The number of rotatable bonds is 9. The van der Waals surface area contributed by atoms with E-state index in [-0.39, 0.29) is 0 Å². The minimum Gasteiger partial charge on any atom is -0.469 e. The predicted molar refractivity (Wildman–Crippen MR) is 108 cm³/mol. The van der Waals surface area contributed by atoms with Gasteiger partial charge in [0.25, 0.3) is 0 Å². The van der Waals surface area contributed by atoms with Gasteiger partial charge in [0.15, 0.2) is 11.7 Å². The van der Waals surface area contributed by atoms with Gasteiger partial charge in [0.05, 0.1) is 12.0 Å². The average molecular weight is 387 g/mol. The molecule has 7 heteroatoms. The fraction of sp³-hybridized carbons (Fsp3) is 0.400. The van der Waals surface area contributed by atoms with Gasteiger partial charge in [-0.25, -0.2) is 4.99 Å². The molecule has 0 aliphatic carbocycles. The van der Waals surface area contributed by atoms with Gasteiger partial charge < -0.3 is 19.6 Å². The predicted octanol–water partition coefficient (Wildman–Crippen LogP) is 3.97. The van der Waals surface area contributed by atoms with Crippen molar-refractivity contribution in [2.45, 2.75) is 39.2 Å². The van der Waals surface area contributed by atoms with E-state index in [1.54, 1.807) is 17.6 Å². The van der Waals surface area contributed by atoms with Gasteiger partial charge in [0.1, 0.15) is 12.3 Å². The highest BCUT2D eigenvalue weighted by Crippen LogP contribution is 2.14. The SMILES string of the molecule is CC(C)c1cc(CN=C(NCCc2ccco2)NCCc2cccs2)on1. The molecule has 0 spiro atoms. The summed E-state index contributed by atoms with van der Waals surface area (Å²) in [5, 5.41) is 12.9. The van der Waals surface area contributed by atoms with Gasteiger partial charge in [-0.15, -0.1) is 11.3 Å². The third-order valence-electron chi connectivity index (χ3n) is 4.05. The number of nitrogens with one attached hydrogen (secondary N) is 2. The van der Waals surface area contributed by atoms with Crippen molar-refractivity contribution in [1.29, 1.82) is 0 Å². The fourth-order valence-corrected chi connectivity index (χ4v) is 3.23. The molecule has 0 saturated carbocycles. The van der Waals surface area contributed by atoms with Crippen LogP contribution in [0.25, 0.3) is 0 Å². The van der Waals surface area contributed by atoms with Crippen LogP contribution in [-0.4, -0.2) is 24.2 Å². The van der Waals surface area contributed by atoms with E-state index in [1.807, 2.05) is 18.2 Å². The van der Waals surface area contributed by atoms with Crippen molar-refractivity contribution < 1.29 is 8.94 Å². The van der Waals surface area contributed by atoms with Gasteiger partial charge in [0.2, 0.25) is 0 Å². The number of aromatic nitrogens is 1. The normalized spacial score (nSPS) is 11.9. The second-order valence-corrected chi connectivity index (χ2v) is 7.58. The first kappa shape index (κ1) is 19.2. The van der Waals surface area contributed by atoms with Crippen LogP contribution in [0.2, 0.25) is 0 Å². The van der Waals surface area contributed by atoms with E-state index < -0.39 is 0 Å². The minimum absolute atomic E-state index is 0.348. The molecule has 3 heterocycles. The molecule has 0 saturated heterocycles. The van der Waals surface area contributed by atoms with Gasteiger partial charge in [-0.2, -0.15) is 0 Å². The van der Waals surface area contributed by atoms with E-state index in [0.29, 0.717) is 12.5 Å². The largest absolute Gasteiger partial charge is 0.469 e. The molecule has 0 aromatic carbocycles. The Morgan fingerprint density at radius 1 is 1.15 bits per heavy atom. The molecule has 0 amide bonds. The Morgan fingerprint density at radius 2 is 2.00 bits per heavy atom. The Balaban J connectivity index is 1.54. The summed E-state index contributed by atoms with van der Waals surface area (Å²) >= 11 is 1.77. The number of thiophene rings is 1. The topological polar surface area (TPSA) is 75.6 Å². The van der Waals surface area contributed by atoms with Crippen molar-refractivity contribution in [3.63, 3.8) is 0 Å². The van der Waals surface area contributed by atoms with Crippen molar-refractivity contribution in [3.8, 4) is 0 Å². The lowest BCUT2D eigenvalue weighted by molar-refractivity contribution is 0.376. The zero-order valence-electron chi connectivity index (χ0n) is 15.8. The average Bonchev–Trinajstić information content (AvgIpc) is 3.41. The van der Waals surface area contributed by atoms with Crippen LogP contribution in [0.15, 0.2) is 55.9 Å². The van der Waals surface area contributed by atoms with Crippen molar-refractivity contribution in [2.24, 2.45) is 4.99 Å². The summed E-state index contributed by atoms with van der Waals surface area (Å²) in [5.74, 6) is 2.84. The summed E-state index contributed by atoms with van der Waals surface area (Å²) in [6, 6.07) is 10.1. The van der Waals surface area contributed by atoms with E-state index in [1.165, 1.54) is 4.88 Å². The zero-order valence-corrected chi connectivity index (χ0v) is 16.6. The molecule has 3 rings (SSSR count). The third-order valence-corrected chi connectivity index (χ3v) is 4.99. The molecule has 3 aromatic rings. The van der Waals surface area contributed by atoms with Crippen LogP contribution in [0, 0.1) is 0 Å². The Kier molecular flexibility index (Phi) is 7.10. The summed E-state index contributed by atoms with van der Waals surface area (Å²) in [6.07, 6.45) is 3.47. The molecule has 3 aromatic heterocycles. The number of nitrogens with zero attached hydrogens (tertiary/aromatic N) is 2. The van der Waals surface area contributed by atoms with Crippen LogP contribution < -0.4 is 10.6 Å².